The molecular weight excluding hydrogens is 648 g/mol. The summed E-state index contributed by atoms with van der Waals surface area (Å²) in [6.45, 7) is 5.60. The Kier molecular flexibility index (Phi) is 13.9. The maximum absolute atomic E-state index is 13.0. The number of fused-ring (bicyclic) bond motifs is 5. The van der Waals surface area contributed by atoms with Crippen LogP contribution in [0.2, 0.25) is 0 Å². The minimum Gasteiger partial charge on any atom is -0.504 e. The van der Waals surface area contributed by atoms with E-state index in [4.69, 9.17) is 19.9 Å². The monoisotopic (exact) mass is 704 g/mol. The lowest BCUT2D eigenvalue weighted by Crippen LogP contribution is -2.39. The number of benzene rings is 2. The molecule has 0 radical (unpaired) electrons. The van der Waals surface area contributed by atoms with Crippen molar-refractivity contribution in [3.05, 3.63) is 46.0 Å². The minimum atomic E-state index is -1.08. The molecule has 3 atom stereocenters. The number of aliphatic hydroxyl groups excluding tert-OH is 2. The second kappa shape index (κ2) is 18.5. The molecule has 5 rings (SSSR count). The number of Topliss-reactive ketones (excluding diaryl/α,β-unsaturated/α-hetero) is 1. The van der Waals surface area contributed by atoms with E-state index in [9.17, 15) is 20.1 Å². The van der Waals surface area contributed by atoms with Gasteiger partial charge in [-0.25, -0.2) is 0 Å². The number of aromatic hydroxyl groups is 1. The van der Waals surface area contributed by atoms with Crippen LogP contribution in [0.4, 0.5) is 0 Å². The summed E-state index contributed by atoms with van der Waals surface area (Å²) in [5, 5.41) is 39.6. The van der Waals surface area contributed by atoms with Crippen LogP contribution in [0.1, 0.15) is 99.5 Å². The van der Waals surface area contributed by atoms with Crippen LogP contribution in [0.25, 0.3) is 0 Å². The number of carbonyl (C=O) groups is 1. The largest absolute Gasteiger partial charge is 0.504 e. The van der Waals surface area contributed by atoms with E-state index in [2.05, 4.69) is 47.4 Å². The number of rotatable bonds is 10. The van der Waals surface area contributed by atoms with Gasteiger partial charge in [0.15, 0.2) is 29.0 Å². The molecule has 0 spiro atoms. The van der Waals surface area contributed by atoms with E-state index in [0.29, 0.717) is 86.6 Å². The Bertz CT molecular complexity index is 1590. The van der Waals surface area contributed by atoms with Crippen molar-refractivity contribution in [1.29, 1.82) is 0 Å². The molecule has 2 aromatic rings. The lowest BCUT2D eigenvalue weighted by molar-refractivity contribution is -0.121. The van der Waals surface area contributed by atoms with Gasteiger partial charge in [0, 0.05) is 55.4 Å². The van der Waals surface area contributed by atoms with E-state index in [1.54, 1.807) is 12.1 Å². The van der Waals surface area contributed by atoms with Crippen molar-refractivity contribution in [1.82, 2.24) is 10.6 Å². The highest BCUT2D eigenvalue weighted by Gasteiger charge is 2.34. The van der Waals surface area contributed by atoms with E-state index in [1.165, 1.54) is 26.4 Å². The Hall–Kier alpha value is -3.98. The third-order valence-corrected chi connectivity index (χ3v) is 10.1. The second-order valence-corrected chi connectivity index (χ2v) is 14.5. The summed E-state index contributed by atoms with van der Waals surface area (Å²) in [5.74, 6) is 8.27. The van der Waals surface area contributed by atoms with Gasteiger partial charge in [-0.15, -0.1) is 0 Å². The number of phenols is 1. The van der Waals surface area contributed by atoms with Crippen LogP contribution in [0, 0.1) is 23.7 Å². The summed E-state index contributed by atoms with van der Waals surface area (Å²) < 4.78 is 18.4. The fraction of sp³-hybridized carbons (Fsp3) is 0.600. The van der Waals surface area contributed by atoms with Crippen molar-refractivity contribution in [2.45, 2.75) is 116 Å². The third-order valence-electron chi connectivity index (χ3n) is 10.1. The first-order valence-electron chi connectivity index (χ1n) is 18.6. The quantitative estimate of drug-likeness (QED) is 0.0910. The Morgan fingerprint density at radius 1 is 1.06 bits per heavy atom. The summed E-state index contributed by atoms with van der Waals surface area (Å²) in [7, 11) is 1.48. The third kappa shape index (κ3) is 10.5. The zero-order valence-electron chi connectivity index (χ0n) is 30.4. The molecule has 1 fully saturated rings. The normalized spacial score (nSPS) is 21.6. The molecule has 2 bridgehead atoms. The Labute approximate surface area is 302 Å². The van der Waals surface area contributed by atoms with Gasteiger partial charge in [0.05, 0.1) is 18.8 Å². The molecular formula is C40H56N4O7. The number of aliphatic imine (C=N–C) groups is 1. The second-order valence-electron chi connectivity index (χ2n) is 14.5. The summed E-state index contributed by atoms with van der Waals surface area (Å²) in [5.41, 5.74) is 10.1. The Balaban J connectivity index is 1.50. The van der Waals surface area contributed by atoms with Crippen molar-refractivity contribution in [2.75, 3.05) is 26.9 Å². The Morgan fingerprint density at radius 3 is 2.63 bits per heavy atom. The highest BCUT2D eigenvalue weighted by molar-refractivity contribution is 5.79. The number of ketones is 1. The molecule has 2 aliphatic carbocycles. The lowest BCUT2D eigenvalue weighted by Gasteiger charge is -2.34. The van der Waals surface area contributed by atoms with Crippen molar-refractivity contribution >= 4 is 11.7 Å². The predicted molar refractivity (Wildman–Crippen MR) is 197 cm³/mol. The molecule has 1 heterocycles. The molecule has 278 valence electrons. The van der Waals surface area contributed by atoms with Gasteiger partial charge in [-0.2, -0.15) is 0 Å². The first-order chi connectivity index (χ1) is 24.6. The van der Waals surface area contributed by atoms with Gasteiger partial charge in [0.1, 0.15) is 12.5 Å². The number of hydrogen-bond donors (Lipinski definition) is 6. The topological polar surface area (TPSA) is 168 Å². The van der Waals surface area contributed by atoms with Crippen LogP contribution in [-0.4, -0.2) is 72.4 Å². The zero-order chi connectivity index (χ0) is 36.3. The van der Waals surface area contributed by atoms with E-state index in [-0.39, 0.29) is 42.8 Å². The number of carbonyl (C=O) groups excluding carboxylic acids is 1. The molecule has 0 aromatic heterocycles. The van der Waals surface area contributed by atoms with Crippen molar-refractivity contribution in [3.63, 3.8) is 0 Å². The maximum Gasteiger partial charge on any atom is 0.200 e. The summed E-state index contributed by atoms with van der Waals surface area (Å²) in [4.78, 5) is 17.3. The zero-order valence-corrected chi connectivity index (χ0v) is 30.4. The SMILES string of the molecule is COc1c(O)ccc2c1C#CCc1cc(c3c(c1OCNC1CCCCC1)O[C@H](O)[C@@H](CCNC(N)=NCC(C)C)C3)CC[C@@H](O)CC(=O)CC2. The molecule has 0 amide bonds. The fourth-order valence-electron chi connectivity index (χ4n) is 7.19. The van der Waals surface area contributed by atoms with Crippen molar-refractivity contribution < 1.29 is 34.3 Å². The van der Waals surface area contributed by atoms with Crippen LogP contribution in [0.3, 0.4) is 0 Å². The molecule has 0 saturated heterocycles. The van der Waals surface area contributed by atoms with Gasteiger partial charge >= 0.3 is 0 Å². The minimum absolute atomic E-state index is 0.0308. The first-order valence-corrected chi connectivity index (χ1v) is 18.6. The van der Waals surface area contributed by atoms with Gasteiger partial charge < -0.3 is 40.6 Å². The molecule has 1 saturated carbocycles. The van der Waals surface area contributed by atoms with Crippen LogP contribution >= 0.6 is 0 Å². The standard InChI is InChI=1S/C40H56N4O7/c1-25(2)23-43-40(41)42-19-18-29-21-34-27-13-16-32(46)22-31(45)15-12-26-14-17-35(47)37(49-3)33(26)11-7-8-28(20-27)36(38(34)51-39(29)48)50-24-44-30-9-5-4-6-10-30/h14,17,20,25,29-30,32,39,44,46-48H,4-6,8-10,12-13,15-16,18-19,21-24H2,1-3H3,(H3,41,42,43)/t29-,32+,39-/m0/s1. The van der Waals surface area contributed by atoms with Crippen molar-refractivity contribution in [3.8, 4) is 34.8 Å². The van der Waals surface area contributed by atoms with Gasteiger partial charge in [-0.05, 0) is 68.1 Å². The molecule has 7 N–H and O–H groups in total. The van der Waals surface area contributed by atoms with E-state index in [0.717, 1.165) is 35.1 Å². The van der Waals surface area contributed by atoms with Crippen LogP contribution in [-0.2, 0) is 30.5 Å². The predicted octanol–water partition coefficient (Wildman–Crippen LogP) is 4.27. The molecule has 2 aromatic carbocycles. The van der Waals surface area contributed by atoms with E-state index >= 15 is 0 Å². The van der Waals surface area contributed by atoms with Gasteiger partial charge in [0.25, 0.3) is 0 Å². The molecule has 3 aliphatic rings. The van der Waals surface area contributed by atoms with E-state index in [1.807, 2.05) is 0 Å². The highest BCUT2D eigenvalue weighted by Crippen LogP contribution is 2.44. The first kappa shape index (κ1) is 38.3. The average molecular weight is 705 g/mol. The number of phenolic OH excluding ortho intramolecular Hbond substituents is 1. The molecule has 11 nitrogen and oxygen atoms in total. The summed E-state index contributed by atoms with van der Waals surface area (Å²) >= 11 is 0. The fourth-order valence-corrected chi connectivity index (χ4v) is 7.19. The van der Waals surface area contributed by atoms with Crippen LogP contribution in [0.15, 0.2) is 23.2 Å². The number of nitrogens with two attached hydrogens (primary N) is 1. The maximum atomic E-state index is 13.0. The number of guanidine groups is 1. The van der Waals surface area contributed by atoms with Gasteiger partial charge in [-0.1, -0.05) is 57.1 Å². The number of methoxy groups -OCH3 is 1. The molecule has 1 aliphatic heterocycles. The number of nitrogens with one attached hydrogen (secondary N) is 2. The number of ether oxygens (including phenoxy) is 3. The van der Waals surface area contributed by atoms with Crippen molar-refractivity contribution in [2.24, 2.45) is 22.6 Å². The molecule has 0 unspecified atom stereocenters. The average Bonchev–Trinajstić information content (AvgIpc) is 3.11. The molecule has 51 heavy (non-hydrogen) atoms. The van der Waals surface area contributed by atoms with E-state index < -0.39 is 12.4 Å². The summed E-state index contributed by atoms with van der Waals surface area (Å²) in [6, 6.07) is 5.77. The van der Waals surface area contributed by atoms with Crippen LogP contribution in [0.5, 0.6) is 23.0 Å². The lowest BCUT2D eigenvalue weighted by atomic mass is 9.86. The highest BCUT2D eigenvalue weighted by atomic mass is 16.6. The number of nitrogens with zero attached hydrogens (tertiary/aromatic N) is 1. The molecule has 11 heteroatoms. The van der Waals surface area contributed by atoms with Crippen LogP contribution < -0.4 is 30.6 Å². The smallest absolute Gasteiger partial charge is 0.200 e. The van der Waals surface area contributed by atoms with Gasteiger partial charge in [0.2, 0.25) is 6.29 Å². The summed E-state index contributed by atoms with van der Waals surface area (Å²) in [6.07, 6.45) is 6.99. The number of hydrogen-bond acceptors (Lipinski definition) is 9. The number of aryl methyl sites for hydroxylation is 2. The number of aliphatic hydroxyl groups is 2. The van der Waals surface area contributed by atoms with Gasteiger partial charge in [-0.3, -0.25) is 15.1 Å². The Morgan fingerprint density at radius 2 is 1.86 bits per heavy atom.